The van der Waals surface area contributed by atoms with Gasteiger partial charge in [0.25, 0.3) is 16.6 Å². The van der Waals surface area contributed by atoms with Crippen molar-refractivity contribution >= 4 is 49.3 Å². The topological polar surface area (TPSA) is 61.8 Å². The predicted molar refractivity (Wildman–Crippen MR) is 215 cm³/mol. The summed E-state index contributed by atoms with van der Waals surface area (Å²) in [6.45, 7) is 16.0. The molecule has 4 aromatic rings. The first-order valence-corrected chi connectivity index (χ1v) is 21.7. The van der Waals surface area contributed by atoms with Crippen molar-refractivity contribution in [2.45, 2.75) is 90.5 Å². The normalized spacial score (nSPS) is 14.0. The summed E-state index contributed by atoms with van der Waals surface area (Å²) in [6.07, 6.45) is 8.99. The summed E-state index contributed by atoms with van der Waals surface area (Å²) in [5.41, 5.74) is 0. The third kappa shape index (κ3) is 9.14. The van der Waals surface area contributed by atoms with E-state index in [0.717, 1.165) is 0 Å². The fourth-order valence-electron chi connectivity index (χ4n) is 7.33. The van der Waals surface area contributed by atoms with E-state index in [0.29, 0.717) is 12.8 Å². The van der Waals surface area contributed by atoms with Crippen LogP contribution in [0.1, 0.15) is 68.2 Å². The number of benzene rings is 4. The number of hydrogen-bond donors (Lipinski definition) is 0. The Morgan fingerprint density at radius 3 is 1.02 bits per heavy atom. The zero-order valence-electron chi connectivity index (χ0n) is 31.5. The fraction of sp³-hybridized carbons (Fsp3) is 0.318. The molecule has 51 heavy (non-hydrogen) atoms. The summed E-state index contributed by atoms with van der Waals surface area (Å²) in [7, 11) is -6.53. The molecule has 0 aliphatic carbocycles. The number of hydrogen-bond acceptors (Lipinski definition) is 5. The van der Waals surface area contributed by atoms with E-state index in [-0.39, 0.29) is 34.2 Å². The Morgan fingerprint density at radius 2 is 0.784 bits per heavy atom. The van der Waals surface area contributed by atoms with E-state index in [1.165, 1.54) is 34.6 Å². The summed E-state index contributed by atoms with van der Waals surface area (Å²) in [4.78, 5) is 23.5. The molecule has 0 fully saturated rings. The second kappa shape index (κ2) is 17.3. The molecule has 0 saturated heterocycles. The zero-order chi connectivity index (χ0) is 37.1. The van der Waals surface area contributed by atoms with Crippen LogP contribution in [0.2, 0.25) is 10.1 Å². The number of rotatable bonds is 16. The van der Waals surface area contributed by atoms with Crippen molar-refractivity contribution in [3.05, 3.63) is 146 Å². The quantitative estimate of drug-likeness (QED) is 0.0671. The largest absolute Gasteiger partial charge is 0.459 e. The van der Waals surface area contributed by atoms with Gasteiger partial charge in [-0.2, -0.15) is 0 Å². The second-order valence-electron chi connectivity index (χ2n) is 14.6. The van der Waals surface area contributed by atoms with Crippen LogP contribution in [0.15, 0.2) is 146 Å². The summed E-state index contributed by atoms with van der Waals surface area (Å²) in [5.74, 6) is -0.598. The maximum Gasteiger partial charge on any atom is 0.303 e. The molecule has 0 aliphatic heterocycles. The van der Waals surface area contributed by atoms with Crippen LogP contribution in [0.5, 0.6) is 0 Å². The molecule has 0 amide bonds. The molecule has 0 aliphatic rings. The molecule has 0 bridgehead atoms. The molecule has 4 rings (SSSR count). The highest BCUT2D eigenvalue weighted by molar-refractivity contribution is 7.11. The highest BCUT2D eigenvalue weighted by Crippen LogP contribution is 2.48. The van der Waals surface area contributed by atoms with Crippen LogP contribution >= 0.6 is 0 Å². The van der Waals surface area contributed by atoms with Crippen molar-refractivity contribution in [3.8, 4) is 0 Å². The zero-order valence-corrected chi connectivity index (χ0v) is 33.5. The average molecular weight is 719 g/mol. The Kier molecular flexibility index (Phi) is 13.4. The van der Waals surface area contributed by atoms with Gasteiger partial charge in [0.15, 0.2) is 0 Å². The molecule has 5 nitrogen and oxygen atoms in total. The van der Waals surface area contributed by atoms with Crippen LogP contribution in [-0.2, 0) is 23.2 Å². The van der Waals surface area contributed by atoms with E-state index in [4.69, 9.17) is 13.6 Å². The minimum Gasteiger partial charge on any atom is -0.459 e. The summed E-state index contributed by atoms with van der Waals surface area (Å²) in [5, 5.41) is 4.00. The molecule has 2 unspecified atom stereocenters. The van der Waals surface area contributed by atoms with E-state index < -0.39 is 16.6 Å². The predicted octanol–water partition coefficient (Wildman–Crippen LogP) is 7.88. The van der Waals surface area contributed by atoms with E-state index in [2.05, 4.69) is 161 Å². The average Bonchev–Trinajstić information content (AvgIpc) is 3.09. The first-order valence-electron chi connectivity index (χ1n) is 17.9. The third-order valence-corrected chi connectivity index (χ3v) is 21.0. The van der Waals surface area contributed by atoms with Gasteiger partial charge in [-0.3, -0.25) is 9.59 Å². The summed E-state index contributed by atoms with van der Waals surface area (Å²) in [6, 6.07) is 43.2. The molecule has 4 aromatic carbocycles. The van der Waals surface area contributed by atoms with Crippen LogP contribution in [0.4, 0.5) is 0 Å². The van der Waals surface area contributed by atoms with E-state index in [1.807, 2.05) is 26.0 Å². The molecular weight excluding hydrogens is 665 g/mol. The number of ether oxygens (including phenoxy) is 2. The standard InChI is InChI=1S/C44H54O5Si2/c1-35(47-37(3)45)23-21-33-43(5,6)50(39-25-13-9-14-26-39,40-27-15-10-16-28-40)49-51(41-29-17-11-18-30-41,42-31-19-12-20-32-42)44(7,8)34-22-24-36(2)48-38(4)46/h9-32,35-36H,33-34H2,1-8H3/b23-21+,24-22+. The van der Waals surface area contributed by atoms with E-state index >= 15 is 0 Å². The first kappa shape index (κ1) is 39.5. The summed E-state index contributed by atoms with van der Waals surface area (Å²) >= 11 is 0. The molecular formula is C44H54O5Si2. The molecule has 0 spiro atoms. The highest BCUT2D eigenvalue weighted by Gasteiger charge is 2.61. The van der Waals surface area contributed by atoms with Gasteiger partial charge in [-0.25, -0.2) is 0 Å². The monoisotopic (exact) mass is 718 g/mol. The second-order valence-corrected chi connectivity index (χ2v) is 23.1. The molecule has 7 heteroatoms. The molecule has 0 saturated carbocycles. The SMILES string of the molecule is CC(=O)OC(C)/C=C/CC(C)(C)[Si](O[Si](c1ccccc1)(c1ccccc1)C(C)(C)C/C=C/C(C)OC(C)=O)(c1ccccc1)c1ccccc1. The number of carbonyl (C=O) groups excluding carboxylic acids is 2. The van der Waals surface area contributed by atoms with Gasteiger partial charge in [0.1, 0.15) is 12.2 Å². The van der Waals surface area contributed by atoms with Crippen molar-refractivity contribution in [2.75, 3.05) is 0 Å². The van der Waals surface area contributed by atoms with E-state index in [9.17, 15) is 9.59 Å². The number of allylic oxidation sites excluding steroid dienone is 2. The maximum atomic E-state index is 11.7. The smallest absolute Gasteiger partial charge is 0.303 e. The van der Waals surface area contributed by atoms with Gasteiger partial charge in [0.2, 0.25) is 0 Å². The lowest BCUT2D eigenvalue weighted by Gasteiger charge is -2.55. The lowest BCUT2D eigenvalue weighted by Crippen LogP contribution is -2.78. The number of esters is 2. The molecule has 2 atom stereocenters. The van der Waals surface area contributed by atoms with Gasteiger partial charge < -0.3 is 13.6 Å². The van der Waals surface area contributed by atoms with Crippen molar-refractivity contribution in [3.63, 3.8) is 0 Å². The Morgan fingerprint density at radius 1 is 0.529 bits per heavy atom. The summed E-state index contributed by atoms with van der Waals surface area (Å²) < 4.78 is 19.5. The Bertz CT molecular complexity index is 1540. The Hall–Kier alpha value is -4.31. The Balaban J connectivity index is 2.07. The third-order valence-electron chi connectivity index (χ3n) is 9.71. The Labute approximate surface area is 307 Å². The van der Waals surface area contributed by atoms with Crippen LogP contribution in [0, 0.1) is 0 Å². The van der Waals surface area contributed by atoms with Gasteiger partial charge in [-0.15, -0.1) is 0 Å². The molecule has 0 aromatic heterocycles. The van der Waals surface area contributed by atoms with Crippen LogP contribution < -0.4 is 20.7 Å². The van der Waals surface area contributed by atoms with Crippen LogP contribution in [-0.4, -0.2) is 40.8 Å². The highest BCUT2D eigenvalue weighted by atomic mass is 28.4. The molecule has 0 radical (unpaired) electrons. The fourth-order valence-corrected chi connectivity index (χ4v) is 20.5. The lowest BCUT2D eigenvalue weighted by molar-refractivity contribution is -0.144. The van der Waals surface area contributed by atoms with Crippen molar-refractivity contribution in [2.24, 2.45) is 0 Å². The van der Waals surface area contributed by atoms with Gasteiger partial charge in [-0.1, -0.05) is 161 Å². The number of carbonyl (C=O) groups is 2. The molecule has 0 heterocycles. The van der Waals surface area contributed by atoms with Gasteiger partial charge >= 0.3 is 11.9 Å². The van der Waals surface area contributed by atoms with Gasteiger partial charge in [-0.05, 0) is 69.7 Å². The van der Waals surface area contributed by atoms with Gasteiger partial charge in [0, 0.05) is 13.8 Å². The van der Waals surface area contributed by atoms with Crippen LogP contribution in [0.25, 0.3) is 0 Å². The van der Waals surface area contributed by atoms with Crippen molar-refractivity contribution in [1.82, 2.24) is 0 Å². The minimum atomic E-state index is -3.26. The maximum absolute atomic E-state index is 11.7. The van der Waals surface area contributed by atoms with E-state index in [1.54, 1.807) is 0 Å². The minimum absolute atomic E-state index is 0.299. The lowest BCUT2D eigenvalue weighted by atomic mass is 10.1. The first-order chi connectivity index (χ1) is 24.2. The van der Waals surface area contributed by atoms with Gasteiger partial charge in [0.05, 0.1) is 0 Å². The molecule has 0 N–H and O–H groups in total. The molecule has 268 valence electrons. The van der Waals surface area contributed by atoms with Crippen molar-refractivity contribution < 1.29 is 23.2 Å². The van der Waals surface area contributed by atoms with Crippen molar-refractivity contribution in [1.29, 1.82) is 0 Å². The van der Waals surface area contributed by atoms with Crippen LogP contribution in [0.3, 0.4) is 0 Å².